The molecule has 0 saturated heterocycles. The molecule has 1 fully saturated rings. The van der Waals surface area contributed by atoms with Crippen LogP contribution in [0.5, 0.6) is 0 Å². The van der Waals surface area contributed by atoms with Crippen molar-refractivity contribution in [3.8, 4) is 0 Å². The fourth-order valence-electron chi connectivity index (χ4n) is 2.59. The molecule has 0 bridgehead atoms. The Kier molecular flexibility index (Phi) is 3.01. The van der Waals surface area contributed by atoms with Crippen molar-refractivity contribution in [1.29, 1.82) is 0 Å². The zero-order chi connectivity index (χ0) is 11.0. The molecule has 2 nitrogen and oxygen atoms in total. The number of nitrogens with two attached hydrogens (primary N) is 1. The van der Waals surface area contributed by atoms with E-state index in [1.165, 1.54) is 38.8 Å². The molecule has 0 amide bonds. The van der Waals surface area contributed by atoms with Crippen LogP contribution in [0, 0.1) is 5.92 Å². The van der Waals surface area contributed by atoms with Crippen LogP contribution in [0.15, 0.2) is 11.4 Å². The predicted octanol–water partition coefficient (Wildman–Crippen LogP) is 2.23. The summed E-state index contributed by atoms with van der Waals surface area (Å²) in [5.74, 6) is 0.849. The van der Waals surface area contributed by atoms with Crippen LogP contribution in [0.3, 0.4) is 0 Å². The third-order valence-electron chi connectivity index (χ3n) is 3.89. The second-order valence-electron chi connectivity index (χ2n) is 5.19. The minimum atomic E-state index is 0.462. The van der Waals surface area contributed by atoms with Crippen LogP contribution in [0.1, 0.15) is 29.7 Å². The van der Waals surface area contributed by atoms with Crippen molar-refractivity contribution < 1.29 is 0 Å². The minimum Gasteiger partial charge on any atom is -0.327 e. The van der Waals surface area contributed by atoms with Crippen LogP contribution < -0.4 is 5.73 Å². The van der Waals surface area contributed by atoms with E-state index in [1.807, 2.05) is 11.3 Å². The van der Waals surface area contributed by atoms with Gasteiger partial charge in [0.2, 0.25) is 0 Å². The van der Waals surface area contributed by atoms with Gasteiger partial charge in [-0.15, -0.1) is 11.3 Å². The van der Waals surface area contributed by atoms with Crippen molar-refractivity contribution in [1.82, 2.24) is 4.90 Å². The first-order chi connectivity index (χ1) is 7.83. The summed E-state index contributed by atoms with van der Waals surface area (Å²) in [7, 11) is 0. The number of rotatable bonds is 4. The number of hydrogen-bond donors (Lipinski definition) is 1. The molecule has 2 N–H and O–H groups in total. The molecule has 0 aromatic carbocycles. The van der Waals surface area contributed by atoms with Gasteiger partial charge in [-0.05, 0) is 55.2 Å². The van der Waals surface area contributed by atoms with Gasteiger partial charge in [0.05, 0.1) is 0 Å². The largest absolute Gasteiger partial charge is 0.327 e. The Morgan fingerprint density at radius 1 is 1.50 bits per heavy atom. The van der Waals surface area contributed by atoms with Gasteiger partial charge in [0.15, 0.2) is 0 Å². The van der Waals surface area contributed by atoms with Crippen molar-refractivity contribution >= 4 is 11.3 Å². The topological polar surface area (TPSA) is 29.3 Å². The maximum atomic E-state index is 6.15. The summed E-state index contributed by atoms with van der Waals surface area (Å²) < 4.78 is 0. The van der Waals surface area contributed by atoms with Crippen LogP contribution in [-0.4, -0.2) is 24.0 Å². The summed E-state index contributed by atoms with van der Waals surface area (Å²) in [6.07, 6.45) is 5.17. The monoisotopic (exact) mass is 236 g/mol. The van der Waals surface area contributed by atoms with Crippen LogP contribution in [-0.2, 0) is 13.0 Å². The number of thiophene rings is 1. The Hall–Kier alpha value is -0.380. The van der Waals surface area contributed by atoms with Crippen molar-refractivity contribution in [3.63, 3.8) is 0 Å². The van der Waals surface area contributed by atoms with Gasteiger partial charge in [0, 0.05) is 24.0 Å². The summed E-state index contributed by atoms with van der Waals surface area (Å²) in [5, 5.41) is 2.23. The Morgan fingerprint density at radius 2 is 2.38 bits per heavy atom. The molecule has 3 heteroatoms. The minimum absolute atomic E-state index is 0.462. The second-order valence-corrected chi connectivity index (χ2v) is 6.19. The number of fused-ring (bicyclic) bond motifs is 1. The molecule has 3 rings (SSSR count). The lowest BCUT2D eigenvalue weighted by Gasteiger charge is -2.27. The molecule has 1 aromatic rings. The van der Waals surface area contributed by atoms with E-state index in [1.54, 1.807) is 10.4 Å². The summed E-state index contributed by atoms with van der Waals surface area (Å²) >= 11 is 1.92. The molecule has 2 aliphatic rings. The zero-order valence-electron chi connectivity index (χ0n) is 9.69. The highest BCUT2D eigenvalue weighted by Gasteiger charge is 2.28. The Bertz CT molecular complexity index is 357. The average molecular weight is 236 g/mol. The van der Waals surface area contributed by atoms with E-state index in [0.29, 0.717) is 6.04 Å². The van der Waals surface area contributed by atoms with E-state index >= 15 is 0 Å². The van der Waals surface area contributed by atoms with Crippen LogP contribution in [0.4, 0.5) is 0 Å². The molecule has 0 radical (unpaired) electrons. The highest BCUT2D eigenvalue weighted by atomic mass is 32.1. The van der Waals surface area contributed by atoms with Crippen molar-refractivity contribution in [2.45, 2.75) is 38.3 Å². The highest BCUT2D eigenvalue weighted by molar-refractivity contribution is 7.10. The third kappa shape index (κ3) is 2.31. The first-order valence-electron chi connectivity index (χ1n) is 6.36. The Labute approximate surface area is 101 Å². The normalized spacial score (nSPS) is 23.1. The number of hydrogen-bond acceptors (Lipinski definition) is 3. The molecule has 2 heterocycles. The first kappa shape index (κ1) is 10.8. The second kappa shape index (κ2) is 4.47. The Morgan fingerprint density at radius 3 is 3.19 bits per heavy atom. The fourth-order valence-corrected chi connectivity index (χ4v) is 3.48. The van der Waals surface area contributed by atoms with E-state index in [4.69, 9.17) is 5.73 Å². The smallest absolute Gasteiger partial charge is 0.0244 e. The molecular weight excluding hydrogens is 216 g/mol. The molecule has 1 atom stereocenters. The van der Waals surface area contributed by atoms with Gasteiger partial charge in [-0.3, -0.25) is 4.90 Å². The molecular formula is C13H20N2S. The van der Waals surface area contributed by atoms with Gasteiger partial charge in [-0.25, -0.2) is 0 Å². The molecule has 1 unspecified atom stereocenters. The lowest BCUT2D eigenvalue weighted by Crippen LogP contribution is -2.34. The van der Waals surface area contributed by atoms with Gasteiger partial charge in [0.25, 0.3) is 0 Å². The lowest BCUT2D eigenvalue weighted by atomic mass is 10.1. The summed E-state index contributed by atoms with van der Waals surface area (Å²) in [6.45, 7) is 3.56. The molecule has 1 aliphatic carbocycles. The fraction of sp³-hybridized carbons (Fsp3) is 0.692. The summed E-state index contributed by atoms with van der Waals surface area (Å²) in [4.78, 5) is 4.17. The molecule has 88 valence electrons. The SMILES string of the molecule is NC(CCN1CCc2sccc2C1)C1CC1. The standard InChI is InChI=1S/C13H20N2S/c14-12(10-1-2-10)3-6-15-7-4-13-11(9-15)5-8-16-13/h5,8,10,12H,1-4,6-7,9,14H2. The maximum Gasteiger partial charge on any atom is 0.0244 e. The van der Waals surface area contributed by atoms with Crippen LogP contribution >= 0.6 is 11.3 Å². The molecule has 0 spiro atoms. The predicted molar refractivity (Wildman–Crippen MR) is 68.6 cm³/mol. The van der Waals surface area contributed by atoms with Crippen molar-refractivity contribution in [2.75, 3.05) is 13.1 Å². The average Bonchev–Trinajstić information content (AvgIpc) is 3.04. The number of nitrogens with zero attached hydrogens (tertiary/aromatic N) is 1. The van der Waals surface area contributed by atoms with Crippen molar-refractivity contribution in [2.24, 2.45) is 11.7 Å². The first-order valence-corrected chi connectivity index (χ1v) is 7.24. The zero-order valence-corrected chi connectivity index (χ0v) is 10.5. The van der Waals surface area contributed by atoms with Gasteiger partial charge in [-0.2, -0.15) is 0 Å². The van der Waals surface area contributed by atoms with Crippen LogP contribution in [0.2, 0.25) is 0 Å². The summed E-state index contributed by atoms with van der Waals surface area (Å²) in [6, 6.07) is 2.75. The van der Waals surface area contributed by atoms with Gasteiger partial charge in [-0.1, -0.05) is 0 Å². The Balaban J connectivity index is 1.50. The highest BCUT2D eigenvalue weighted by Crippen LogP contribution is 2.33. The van der Waals surface area contributed by atoms with E-state index in [2.05, 4.69) is 16.3 Å². The van der Waals surface area contributed by atoms with Gasteiger partial charge in [0.1, 0.15) is 0 Å². The molecule has 1 aliphatic heterocycles. The summed E-state index contributed by atoms with van der Waals surface area (Å²) in [5.41, 5.74) is 7.70. The van der Waals surface area contributed by atoms with Gasteiger partial charge < -0.3 is 5.73 Å². The van der Waals surface area contributed by atoms with E-state index in [-0.39, 0.29) is 0 Å². The van der Waals surface area contributed by atoms with Crippen molar-refractivity contribution in [3.05, 3.63) is 21.9 Å². The lowest BCUT2D eigenvalue weighted by molar-refractivity contribution is 0.243. The maximum absolute atomic E-state index is 6.15. The molecule has 1 saturated carbocycles. The molecule has 1 aromatic heterocycles. The van der Waals surface area contributed by atoms with E-state index in [0.717, 1.165) is 12.5 Å². The van der Waals surface area contributed by atoms with Gasteiger partial charge >= 0.3 is 0 Å². The van der Waals surface area contributed by atoms with E-state index in [9.17, 15) is 0 Å². The van der Waals surface area contributed by atoms with E-state index < -0.39 is 0 Å². The van der Waals surface area contributed by atoms with Crippen LogP contribution in [0.25, 0.3) is 0 Å². The third-order valence-corrected chi connectivity index (χ3v) is 4.92. The quantitative estimate of drug-likeness (QED) is 0.868. The molecule has 16 heavy (non-hydrogen) atoms.